The van der Waals surface area contributed by atoms with E-state index < -0.39 is 0 Å². The third-order valence-electron chi connectivity index (χ3n) is 8.86. The predicted molar refractivity (Wildman–Crippen MR) is 157 cm³/mol. The molecule has 1 saturated heterocycles. The normalized spacial score (nSPS) is 23.0. The van der Waals surface area contributed by atoms with Crippen LogP contribution in [0.5, 0.6) is 0 Å². The van der Waals surface area contributed by atoms with Crippen molar-refractivity contribution in [3.63, 3.8) is 0 Å². The molecule has 2 aliphatic heterocycles. The minimum absolute atomic E-state index is 0.0853. The maximum atomic E-state index is 14.4. The molecule has 3 aromatic rings. The fraction of sp³-hybridized carbons (Fsp3) is 0.500. The van der Waals surface area contributed by atoms with E-state index in [0.717, 1.165) is 47.0 Å². The van der Waals surface area contributed by atoms with Gasteiger partial charge >= 0.3 is 0 Å². The summed E-state index contributed by atoms with van der Waals surface area (Å²) in [6.07, 6.45) is 1.60. The largest absolute Gasteiger partial charge is 0.394 e. The van der Waals surface area contributed by atoms with Crippen LogP contribution in [0.4, 0.5) is 0 Å². The molecule has 2 amide bonds. The molecular formula is C32H42N4O4. The highest BCUT2D eigenvalue weighted by molar-refractivity contribution is 6.10. The molecule has 2 aromatic carbocycles. The Labute approximate surface area is 237 Å². The molecule has 1 N–H and O–H groups in total. The van der Waals surface area contributed by atoms with Gasteiger partial charge in [0.1, 0.15) is 5.69 Å². The van der Waals surface area contributed by atoms with E-state index in [9.17, 15) is 14.7 Å². The average molecular weight is 547 g/mol. The second-order valence-electron chi connectivity index (χ2n) is 11.6. The number of aryl methyl sites for hydroxylation is 1. The molecule has 3 heterocycles. The lowest BCUT2D eigenvalue weighted by Gasteiger charge is -2.35. The molecule has 4 atom stereocenters. The summed E-state index contributed by atoms with van der Waals surface area (Å²) in [5, 5.41) is 11.2. The molecule has 1 aromatic heterocycles. The molecule has 1 fully saturated rings. The third kappa shape index (κ3) is 5.16. The van der Waals surface area contributed by atoms with Crippen LogP contribution in [0, 0.1) is 5.92 Å². The van der Waals surface area contributed by atoms with Crippen molar-refractivity contribution >= 4 is 22.7 Å². The van der Waals surface area contributed by atoms with Gasteiger partial charge in [-0.05, 0) is 50.6 Å². The molecule has 0 bridgehead atoms. The number of likely N-dealkylation sites (tertiary alicyclic amines) is 1. The molecule has 214 valence electrons. The highest BCUT2D eigenvalue weighted by atomic mass is 16.5. The summed E-state index contributed by atoms with van der Waals surface area (Å²) in [7, 11) is 5.80. The minimum Gasteiger partial charge on any atom is -0.394 e. The van der Waals surface area contributed by atoms with E-state index in [-0.39, 0.29) is 42.5 Å². The summed E-state index contributed by atoms with van der Waals surface area (Å²) >= 11 is 0. The lowest BCUT2D eigenvalue weighted by atomic mass is 9.96. The van der Waals surface area contributed by atoms with Gasteiger partial charge in [0.15, 0.2) is 0 Å². The van der Waals surface area contributed by atoms with Gasteiger partial charge in [-0.15, -0.1) is 0 Å². The van der Waals surface area contributed by atoms with Gasteiger partial charge in [-0.1, -0.05) is 49.4 Å². The zero-order valence-corrected chi connectivity index (χ0v) is 24.3. The van der Waals surface area contributed by atoms with Gasteiger partial charge < -0.3 is 24.2 Å². The van der Waals surface area contributed by atoms with Crippen LogP contribution in [-0.2, 0) is 23.2 Å². The minimum atomic E-state index is -0.385. The number of hydrogen-bond donors (Lipinski definition) is 1. The number of carbonyl (C=O) groups is 2. The topological polar surface area (TPSA) is 78.2 Å². The molecule has 0 spiro atoms. The number of rotatable bonds is 5. The Morgan fingerprint density at radius 3 is 2.60 bits per heavy atom. The van der Waals surface area contributed by atoms with Crippen LogP contribution in [0.25, 0.3) is 22.0 Å². The number of aliphatic hydroxyl groups is 1. The smallest absolute Gasteiger partial charge is 0.271 e. The number of benzene rings is 2. The number of fused-ring (bicyclic) bond motifs is 5. The van der Waals surface area contributed by atoms with E-state index in [0.29, 0.717) is 25.4 Å². The maximum Gasteiger partial charge on any atom is 0.271 e. The summed E-state index contributed by atoms with van der Waals surface area (Å²) < 4.78 is 8.62. The van der Waals surface area contributed by atoms with Gasteiger partial charge in [0.25, 0.3) is 5.91 Å². The van der Waals surface area contributed by atoms with Crippen LogP contribution >= 0.6 is 0 Å². The zero-order chi connectivity index (χ0) is 28.6. The van der Waals surface area contributed by atoms with Crippen LogP contribution in [0.15, 0.2) is 48.5 Å². The van der Waals surface area contributed by atoms with Crippen LogP contribution in [0.2, 0.25) is 0 Å². The van der Waals surface area contributed by atoms with Gasteiger partial charge in [-0.3, -0.25) is 14.5 Å². The first-order valence-corrected chi connectivity index (χ1v) is 14.4. The van der Waals surface area contributed by atoms with Gasteiger partial charge in [-0.25, -0.2) is 0 Å². The van der Waals surface area contributed by atoms with Gasteiger partial charge in [-0.2, -0.15) is 0 Å². The highest BCUT2D eigenvalue weighted by Gasteiger charge is 2.35. The average Bonchev–Trinajstić information content (AvgIpc) is 3.52. The Kier molecular flexibility index (Phi) is 8.31. The van der Waals surface area contributed by atoms with E-state index in [1.54, 1.807) is 9.80 Å². The first-order chi connectivity index (χ1) is 19.2. The number of aromatic nitrogens is 1. The van der Waals surface area contributed by atoms with Gasteiger partial charge in [0.05, 0.1) is 31.4 Å². The Balaban J connectivity index is 1.58. The van der Waals surface area contributed by atoms with E-state index in [4.69, 9.17) is 4.74 Å². The van der Waals surface area contributed by atoms with Crippen molar-refractivity contribution in [3.05, 3.63) is 59.8 Å². The Morgan fingerprint density at radius 2 is 1.88 bits per heavy atom. The molecule has 2 aliphatic rings. The molecule has 40 heavy (non-hydrogen) atoms. The number of likely N-dealkylation sites (N-methyl/N-ethyl adjacent to an activating group) is 2. The SMILES string of the molecule is C[C@@H]1CN([C@@H](C)CO)C(=O)c2c(c3ccccc3n2C)-c2ccccc2CO[C@H]1CN(C)C(=O)[C@H]1CCCN1C. The molecule has 8 heteroatoms. The van der Waals surface area contributed by atoms with Crippen molar-refractivity contribution in [2.75, 3.05) is 40.3 Å². The van der Waals surface area contributed by atoms with Gasteiger partial charge in [0, 0.05) is 49.6 Å². The van der Waals surface area contributed by atoms with E-state index in [1.165, 1.54) is 0 Å². The Morgan fingerprint density at radius 1 is 1.15 bits per heavy atom. The van der Waals surface area contributed by atoms with Crippen LogP contribution in [-0.4, -0.2) is 94.7 Å². The lowest BCUT2D eigenvalue weighted by Crippen LogP contribution is -2.49. The molecule has 0 unspecified atom stereocenters. The standard InChI is InChI=1S/C32H42N4O4/c1-21-17-36(22(2)19-37)32(39)30-29(25-13-8-9-14-26(25)35(30)5)24-12-7-6-11-23(24)20-40-28(21)18-34(4)31(38)27-15-10-16-33(27)3/h6-9,11-14,21-22,27-28,37H,10,15-20H2,1-5H3/t21-,22+,27-,28+/m1/s1. The molecular weight excluding hydrogens is 504 g/mol. The van der Waals surface area contributed by atoms with Crippen LogP contribution in [0.1, 0.15) is 42.7 Å². The van der Waals surface area contributed by atoms with Crippen molar-refractivity contribution in [2.45, 2.75) is 51.5 Å². The number of carbonyl (C=O) groups excluding carboxylic acids is 2. The maximum absolute atomic E-state index is 14.4. The Hall–Kier alpha value is -3.20. The lowest BCUT2D eigenvalue weighted by molar-refractivity contribution is -0.137. The number of nitrogens with zero attached hydrogens (tertiary/aromatic N) is 4. The number of para-hydroxylation sites is 1. The Bertz CT molecular complexity index is 1380. The summed E-state index contributed by atoms with van der Waals surface area (Å²) in [6.45, 7) is 5.92. The van der Waals surface area contributed by atoms with Crippen molar-refractivity contribution in [2.24, 2.45) is 13.0 Å². The second-order valence-corrected chi connectivity index (χ2v) is 11.6. The second kappa shape index (κ2) is 11.7. The summed E-state index contributed by atoms with van der Waals surface area (Å²) in [6, 6.07) is 15.7. The molecule has 0 aliphatic carbocycles. The first kappa shape index (κ1) is 28.3. The van der Waals surface area contributed by atoms with Crippen molar-refractivity contribution in [1.29, 1.82) is 0 Å². The van der Waals surface area contributed by atoms with Gasteiger partial charge in [0.2, 0.25) is 5.91 Å². The number of hydrogen-bond acceptors (Lipinski definition) is 5. The van der Waals surface area contributed by atoms with Crippen LogP contribution < -0.4 is 0 Å². The summed E-state index contributed by atoms with van der Waals surface area (Å²) in [5.74, 6) is -0.0893. The molecule has 5 rings (SSSR count). The highest BCUT2D eigenvalue weighted by Crippen LogP contribution is 2.38. The third-order valence-corrected chi connectivity index (χ3v) is 8.86. The first-order valence-electron chi connectivity index (χ1n) is 14.4. The number of amides is 2. The van der Waals surface area contributed by atoms with Crippen molar-refractivity contribution in [1.82, 2.24) is 19.3 Å². The molecule has 8 nitrogen and oxygen atoms in total. The van der Waals surface area contributed by atoms with Crippen molar-refractivity contribution in [3.8, 4) is 11.1 Å². The number of ether oxygens (including phenoxy) is 1. The predicted octanol–water partition coefficient (Wildman–Crippen LogP) is 3.76. The summed E-state index contributed by atoms with van der Waals surface area (Å²) in [5.41, 5.74) is 4.44. The molecule has 0 saturated carbocycles. The quantitative estimate of drug-likeness (QED) is 0.528. The summed E-state index contributed by atoms with van der Waals surface area (Å²) in [4.78, 5) is 33.5. The fourth-order valence-electron chi connectivity index (χ4n) is 6.36. The van der Waals surface area contributed by atoms with E-state index >= 15 is 0 Å². The van der Waals surface area contributed by atoms with Crippen LogP contribution in [0.3, 0.4) is 0 Å². The monoisotopic (exact) mass is 546 g/mol. The van der Waals surface area contributed by atoms with Crippen molar-refractivity contribution < 1.29 is 19.4 Å². The molecule has 0 radical (unpaired) electrons. The fourth-order valence-corrected chi connectivity index (χ4v) is 6.36. The zero-order valence-electron chi connectivity index (χ0n) is 24.3. The number of aliphatic hydroxyl groups excluding tert-OH is 1. The van der Waals surface area contributed by atoms with E-state index in [2.05, 4.69) is 30.0 Å². The van der Waals surface area contributed by atoms with E-state index in [1.807, 2.05) is 63.0 Å².